The number of hydrogen-bond donors (Lipinski definition) is 2. The second kappa shape index (κ2) is 10.7. The molecule has 1 fully saturated rings. The Labute approximate surface area is 197 Å². The number of nitrogens with one attached hydrogen (secondary N) is 1. The van der Waals surface area contributed by atoms with Gasteiger partial charge in [-0.25, -0.2) is 4.79 Å². The number of ether oxygens (including phenoxy) is 3. The average molecular weight is 469 g/mol. The van der Waals surface area contributed by atoms with Gasteiger partial charge in [0.25, 0.3) is 0 Å². The van der Waals surface area contributed by atoms with Crippen LogP contribution in [0.4, 0.5) is 4.79 Å². The van der Waals surface area contributed by atoms with E-state index in [4.69, 9.17) is 14.2 Å². The van der Waals surface area contributed by atoms with Crippen LogP contribution in [0.1, 0.15) is 17.0 Å². The molecule has 2 unspecified atom stereocenters. The maximum absolute atomic E-state index is 12.3. The van der Waals surface area contributed by atoms with Gasteiger partial charge in [0.15, 0.2) is 0 Å². The van der Waals surface area contributed by atoms with Gasteiger partial charge in [-0.05, 0) is 22.3 Å². The number of nitrogens with zero attached hydrogens (tertiary/aromatic N) is 1. The maximum Gasteiger partial charge on any atom is 0.407 e. The third kappa shape index (κ3) is 5.05. The number of fused-ring (bicyclic) bond motifs is 3. The number of hydrogen-bond acceptors (Lipinski definition) is 6. The molecular formula is C25H28N2O7. The van der Waals surface area contributed by atoms with Crippen LogP contribution in [-0.4, -0.2) is 80.6 Å². The van der Waals surface area contributed by atoms with Gasteiger partial charge in [0, 0.05) is 32.7 Å². The summed E-state index contributed by atoms with van der Waals surface area (Å²) in [5, 5.41) is 11.8. The lowest BCUT2D eigenvalue weighted by atomic mass is 9.98. The van der Waals surface area contributed by atoms with Crippen molar-refractivity contribution < 1.29 is 33.7 Å². The normalized spacial score (nSPS) is 18.9. The average Bonchev–Trinajstić information content (AvgIpc) is 3.42. The van der Waals surface area contributed by atoms with Crippen molar-refractivity contribution >= 4 is 18.0 Å². The van der Waals surface area contributed by atoms with Crippen LogP contribution in [0.5, 0.6) is 0 Å². The van der Waals surface area contributed by atoms with Gasteiger partial charge < -0.3 is 29.5 Å². The molecule has 34 heavy (non-hydrogen) atoms. The molecule has 180 valence electrons. The highest BCUT2D eigenvalue weighted by Crippen LogP contribution is 2.44. The van der Waals surface area contributed by atoms with Crippen LogP contribution >= 0.6 is 0 Å². The number of carbonyl (C=O) groups is 3. The van der Waals surface area contributed by atoms with Gasteiger partial charge in [0.1, 0.15) is 19.1 Å². The molecular weight excluding hydrogens is 440 g/mol. The minimum absolute atomic E-state index is 0.0157. The van der Waals surface area contributed by atoms with Crippen LogP contribution in [0.25, 0.3) is 11.1 Å². The van der Waals surface area contributed by atoms with E-state index in [0.717, 1.165) is 22.3 Å². The van der Waals surface area contributed by atoms with E-state index >= 15 is 0 Å². The van der Waals surface area contributed by atoms with E-state index in [1.54, 1.807) is 0 Å². The Hall–Kier alpha value is -3.43. The van der Waals surface area contributed by atoms with Crippen LogP contribution in [0, 0.1) is 5.92 Å². The summed E-state index contributed by atoms with van der Waals surface area (Å²) in [6, 6.07) is 16.2. The number of amides is 2. The summed E-state index contributed by atoms with van der Waals surface area (Å²) in [6.45, 7) is 0.638. The summed E-state index contributed by atoms with van der Waals surface area (Å²) in [4.78, 5) is 37.1. The van der Waals surface area contributed by atoms with Crippen LogP contribution in [0.3, 0.4) is 0 Å². The lowest BCUT2D eigenvalue weighted by molar-refractivity contribution is -0.144. The second-order valence-corrected chi connectivity index (χ2v) is 8.32. The number of carbonyl (C=O) groups excluding carboxylic acids is 2. The number of alkyl carbamates (subject to hydrolysis) is 1. The van der Waals surface area contributed by atoms with Gasteiger partial charge in [-0.1, -0.05) is 48.5 Å². The SMILES string of the molecule is COC1CN(C(=O)COCCNC(=O)OCC2c3ccccc3-c3ccccc32)CC1C(=O)O. The van der Waals surface area contributed by atoms with Gasteiger partial charge >= 0.3 is 12.1 Å². The number of benzene rings is 2. The largest absolute Gasteiger partial charge is 0.481 e. The molecule has 1 aliphatic carbocycles. The maximum atomic E-state index is 12.3. The summed E-state index contributed by atoms with van der Waals surface area (Å²) < 4.78 is 16.0. The Morgan fingerprint density at radius 1 is 1.03 bits per heavy atom. The number of carboxylic acid groups (broad SMARTS) is 1. The zero-order chi connectivity index (χ0) is 24.1. The van der Waals surface area contributed by atoms with Gasteiger partial charge in [-0.2, -0.15) is 0 Å². The third-order valence-electron chi connectivity index (χ3n) is 6.32. The topological polar surface area (TPSA) is 114 Å². The van der Waals surface area contributed by atoms with Crippen molar-refractivity contribution in [3.8, 4) is 11.1 Å². The van der Waals surface area contributed by atoms with E-state index in [9.17, 15) is 19.5 Å². The van der Waals surface area contributed by atoms with Gasteiger partial charge in [-0.15, -0.1) is 0 Å². The van der Waals surface area contributed by atoms with E-state index in [2.05, 4.69) is 29.6 Å². The molecule has 1 aliphatic heterocycles. The molecule has 2 aromatic carbocycles. The molecule has 2 N–H and O–H groups in total. The molecule has 1 saturated heterocycles. The van der Waals surface area contributed by atoms with E-state index in [1.807, 2.05) is 24.3 Å². The van der Waals surface area contributed by atoms with E-state index in [-0.39, 0.29) is 51.3 Å². The quantitative estimate of drug-likeness (QED) is 0.542. The van der Waals surface area contributed by atoms with Crippen LogP contribution in [0.15, 0.2) is 48.5 Å². The van der Waals surface area contributed by atoms with E-state index < -0.39 is 24.1 Å². The Kier molecular flexibility index (Phi) is 7.44. The van der Waals surface area contributed by atoms with Crippen LogP contribution in [-0.2, 0) is 23.8 Å². The summed E-state index contributed by atoms with van der Waals surface area (Å²) in [5.41, 5.74) is 4.60. The number of aliphatic carboxylic acids is 1. The minimum Gasteiger partial charge on any atom is -0.481 e. The fourth-order valence-electron chi connectivity index (χ4n) is 4.58. The highest BCUT2D eigenvalue weighted by molar-refractivity contribution is 5.80. The molecule has 0 saturated carbocycles. The van der Waals surface area contributed by atoms with Crippen molar-refractivity contribution in [1.82, 2.24) is 10.2 Å². The number of likely N-dealkylation sites (tertiary alicyclic amines) is 1. The summed E-state index contributed by atoms with van der Waals surface area (Å²) >= 11 is 0. The van der Waals surface area contributed by atoms with Crippen molar-refractivity contribution in [2.45, 2.75) is 12.0 Å². The molecule has 2 atom stereocenters. The predicted octanol–water partition coefficient (Wildman–Crippen LogP) is 2.10. The second-order valence-electron chi connectivity index (χ2n) is 8.32. The summed E-state index contributed by atoms with van der Waals surface area (Å²) in [6.07, 6.45) is -1.08. The fraction of sp³-hybridized carbons (Fsp3) is 0.400. The van der Waals surface area contributed by atoms with E-state index in [1.165, 1.54) is 12.0 Å². The van der Waals surface area contributed by atoms with Crippen molar-refractivity contribution in [1.29, 1.82) is 0 Å². The molecule has 9 heteroatoms. The summed E-state index contributed by atoms with van der Waals surface area (Å²) in [7, 11) is 1.43. The third-order valence-corrected chi connectivity index (χ3v) is 6.32. The van der Waals surface area contributed by atoms with Crippen molar-refractivity contribution in [2.24, 2.45) is 5.92 Å². The molecule has 1 heterocycles. The van der Waals surface area contributed by atoms with Crippen molar-refractivity contribution in [3.63, 3.8) is 0 Å². The lowest BCUT2D eigenvalue weighted by Crippen LogP contribution is -2.34. The highest BCUT2D eigenvalue weighted by atomic mass is 16.5. The first-order chi connectivity index (χ1) is 16.5. The first-order valence-electron chi connectivity index (χ1n) is 11.2. The Balaban J connectivity index is 1.17. The molecule has 0 spiro atoms. The molecule has 0 radical (unpaired) electrons. The van der Waals surface area contributed by atoms with Gasteiger partial charge in [0.2, 0.25) is 5.91 Å². The standard InChI is InChI=1S/C25H28N2O7/c1-32-22-13-27(12-20(22)24(29)30)23(28)15-33-11-10-26-25(31)34-14-21-18-8-4-2-6-16(18)17-7-3-5-9-19(17)21/h2-9,20-22H,10-15H2,1H3,(H,26,31)(H,29,30). The number of carboxylic acids is 1. The molecule has 0 bridgehead atoms. The highest BCUT2D eigenvalue weighted by Gasteiger charge is 2.39. The minimum atomic E-state index is -0.990. The first-order valence-corrected chi connectivity index (χ1v) is 11.2. The van der Waals surface area contributed by atoms with E-state index in [0.29, 0.717) is 0 Å². The Morgan fingerprint density at radius 3 is 2.26 bits per heavy atom. The molecule has 9 nitrogen and oxygen atoms in total. The van der Waals surface area contributed by atoms with Gasteiger partial charge in [-0.3, -0.25) is 9.59 Å². The zero-order valence-electron chi connectivity index (χ0n) is 18.9. The monoisotopic (exact) mass is 468 g/mol. The summed E-state index contributed by atoms with van der Waals surface area (Å²) in [5.74, 6) is -2.07. The predicted molar refractivity (Wildman–Crippen MR) is 122 cm³/mol. The van der Waals surface area contributed by atoms with Crippen LogP contribution < -0.4 is 5.32 Å². The van der Waals surface area contributed by atoms with Gasteiger partial charge in [0.05, 0.1) is 12.7 Å². The number of methoxy groups -OCH3 is 1. The molecule has 2 amide bonds. The zero-order valence-corrected chi connectivity index (χ0v) is 18.9. The number of rotatable bonds is 9. The van der Waals surface area contributed by atoms with Crippen LogP contribution in [0.2, 0.25) is 0 Å². The fourth-order valence-corrected chi connectivity index (χ4v) is 4.58. The molecule has 0 aromatic heterocycles. The van der Waals surface area contributed by atoms with Crippen molar-refractivity contribution in [2.75, 3.05) is 46.6 Å². The smallest absolute Gasteiger partial charge is 0.407 e. The Morgan fingerprint density at radius 2 is 1.68 bits per heavy atom. The van der Waals surface area contributed by atoms with Crippen molar-refractivity contribution in [3.05, 3.63) is 59.7 Å². The first kappa shape index (κ1) is 23.7. The Bertz CT molecular complexity index is 1010. The lowest BCUT2D eigenvalue weighted by Gasteiger charge is -2.16. The molecule has 2 aliphatic rings. The molecule has 4 rings (SSSR count). The molecule has 2 aromatic rings.